The van der Waals surface area contributed by atoms with Crippen LogP contribution in [0.2, 0.25) is 0 Å². The van der Waals surface area contributed by atoms with Gasteiger partial charge in [-0.25, -0.2) is 4.79 Å². The average molecular weight is 423 g/mol. The first kappa shape index (κ1) is 21.3. The predicted molar refractivity (Wildman–Crippen MR) is 120 cm³/mol. The van der Waals surface area contributed by atoms with E-state index < -0.39 is 5.54 Å². The smallest absolute Gasteiger partial charge is 0.328 e. The summed E-state index contributed by atoms with van der Waals surface area (Å²) in [5.41, 5.74) is 2.21. The van der Waals surface area contributed by atoms with Crippen LogP contribution in [0.5, 0.6) is 5.75 Å². The van der Waals surface area contributed by atoms with Gasteiger partial charge in [0.05, 0.1) is 19.2 Å². The van der Waals surface area contributed by atoms with E-state index in [1.54, 1.807) is 4.90 Å². The van der Waals surface area contributed by atoms with E-state index >= 15 is 0 Å². The second-order valence-corrected chi connectivity index (χ2v) is 8.69. The number of urea groups is 1. The van der Waals surface area contributed by atoms with Gasteiger partial charge in [0.2, 0.25) is 0 Å². The van der Waals surface area contributed by atoms with Crippen molar-refractivity contribution in [3.05, 3.63) is 29.5 Å². The second-order valence-electron chi connectivity index (χ2n) is 8.69. The van der Waals surface area contributed by atoms with Crippen LogP contribution in [-0.2, 0) is 11.2 Å². The summed E-state index contributed by atoms with van der Waals surface area (Å²) in [6.45, 7) is 8.12. The highest BCUT2D eigenvalue weighted by Crippen LogP contribution is 2.46. The molecule has 7 heteroatoms. The highest BCUT2D eigenvalue weighted by molar-refractivity contribution is 6.08. The number of nitrogens with zero attached hydrogens (tertiary/aromatic N) is 3. The fraction of sp³-hybridized carbons (Fsp3) is 0.500. The van der Waals surface area contributed by atoms with Crippen molar-refractivity contribution in [2.24, 2.45) is 0 Å². The number of carbonyl (C=O) groups excluding carboxylic acids is 2. The Kier molecular flexibility index (Phi) is 5.44. The average Bonchev–Trinajstić information content (AvgIpc) is 3.17. The van der Waals surface area contributed by atoms with Crippen LogP contribution in [0.3, 0.4) is 0 Å². The van der Waals surface area contributed by atoms with Crippen LogP contribution in [0, 0.1) is 12.3 Å². The Labute approximate surface area is 183 Å². The van der Waals surface area contributed by atoms with Crippen molar-refractivity contribution in [3.8, 4) is 18.1 Å². The number of terminal acetylenes is 1. The first-order valence-electron chi connectivity index (χ1n) is 10.9. The largest absolute Gasteiger partial charge is 0.494 e. The SMILES string of the molecule is C#CCN(C)CCCN1C(=O)N2[C@H](C)c3[nH]c4ccc(OCC)cc4c3C[C@@]2(C)C1=O. The number of nitrogens with one attached hydrogen (secondary N) is 1. The summed E-state index contributed by atoms with van der Waals surface area (Å²) >= 11 is 0. The molecule has 1 N–H and O–H groups in total. The van der Waals surface area contributed by atoms with Crippen LogP contribution in [0.15, 0.2) is 18.2 Å². The lowest BCUT2D eigenvalue weighted by atomic mass is 9.83. The summed E-state index contributed by atoms with van der Waals surface area (Å²) in [5.74, 6) is 3.30. The molecule has 1 aromatic heterocycles. The number of hydrogen-bond acceptors (Lipinski definition) is 4. The van der Waals surface area contributed by atoms with Crippen LogP contribution < -0.4 is 4.74 Å². The molecule has 7 nitrogen and oxygen atoms in total. The minimum atomic E-state index is -0.884. The summed E-state index contributed by atoms with van der Waals surface area (Å²) in [5, 5.41) is 1.06. The molecule has 1 aromatic carbocycles. The van der Waals surface area contributed by atoms with Crippen molar-refractivity contribution in [1.29, 1.82) is 0 Å². The molecule has 3 amide bonds. The fourth-order valence-corrected chi connectivity index (χ4v) is 5.03. The Morgan fingerprint density at radius 2 is 2.16 bits per heavy atom. The summed E-state index contributed by atoms with van der Waals surface area (Å²) in [7, 11) is 1.94. The number of carbonyl (C=O) groups is 2. The van der Waals surface area contributed by atoms with Crippen LogP contribution in [0.4, 0.5) is 4.79 Å². The van der Waals surface area contributed by atoms with Crippen molar-refractivity contribution in [1.82, 2.24) is 19.7 Å². The third kappa shape index (κ3) is 3.35. The van der Waals surface area contributed by atoms with E-state index in [4.69, 9.17) is 11.2 Å². The lowest BCUT2D eigenvalue weighted by Crippen LogP contribution is -2.52. The van der Waals surface area contributed by atoms with Crippen LogP contribution in [-0.4, -0.2) is 70.4 Å². The van der Waals surface area contributed by atoms with E-state index in [2.05, 4.69) is 10.9 Å². The minimum Gasteiger partial charge on any atom is -0.494 e. The monoisotopic (exact) mass is 422 g/mol. The molecule has 164 valence electrons. The number of aromatic amines is 1. The van der Waals surface area contributed by atoms with E-state index in [9.17, 15) is 9.59 Å². The number of amides is 3. The zero-order valence-electron chi connectivity index (χ0n) is 18.7. The van der Waals surface area contributed by atoms with Gasteiger partial charge in [0.15, 0.2) is 0 Å². The minimum absolute atomic E-state index is 0.120. The van der Waals surface area contributed by atoms with E-state index in [-0.39, 0.29) is 18.0 Å². The predicted octanol–water partition coefficient (Wildman–Crippen LogP) is 3.16. The molecule has 0 bridgehead atoms. The second kappa shape index (κ2) is 7.93. The zero-order valence-corrected chi connectivity index (χ0v) is 18.7. The van der Waals surface area contributed by atoms with Gasteiger partial charge in [-0.1, -0.05) is 5.92 Å². The number of fused-ring (bicyclic) bond motifs is 4. The van der Waals surface area contributed by atoms with Crippen LogP contribution in [0.1, 0.15) is 44.5 Å². The van der Waals surface area contributed by atoms with E-state index in [1.165, 1.54) is 4.90 Å². The topological polar surface area (TPSA) is 68.9 Å². The maximum Gasteiger partial charge on any atom is 0.328 e. The van der Waals surface area contributed by atoms with E-state index in [0.29, 0.717) is 32.5 Å². The summed E-state index contributed by atoms with van der Waals surface area (Å²) in [6, 6.07) is 5.54. The third-order valence-electron chi connectivity index (χ3n) is 6.51. The zero-order chi connectivity index (χ0) is 22.3. The van der Waals surface area contributed by atoms with Gasteiger partial charge in [0, 0.05) is 36.1 Å². The highest BCUT2D eigenvalue weighted by atomic mass is 16.5. The van der Waals surface area contributed by atoms with Crippen LogP contribution in [0.25, 0.3) is 10.9 Å². The van der Waals surface area contributed by atoms with Gasteiger partial charge in [-0.05, 0) is 58.0 Å². The van der Waals surface area contributed by atoms with Gasteiger partial charge >= 0.3 is 6.03 Å². The normalized spacial score (nSPS) is 22.8. The number of benzene rings is 1. The van der Waals surface area contributed by atoms with Crippen molar-refractivity contribution >= 4 is 22.8 Å². The molecule has 1 fully saturated rings. The van der Waals surface area contributed by atoms with Crippen molar-refractivity contribution in [3.63, 3.8) is 0 Å². The van der Waals surface area contributed by atoms with Gasteiger partial charge < -0.3 is 14.6 Å². The first-order chi connectivity index (χ1) is 14.8. The van der Waals surface area contributed by atoms with E-state index in [1.807, 2.05) is 50.9 Å². The maximum absolute atomic E-state index is 13.4. The van der Waals surface area contributed by atoms with Gasteiger partial charge in [-0.15, -0.1) is 6.42 Å². The lowest BCUT2D eigenvalue weighted by molar-refractivity contribution is -0.133. The third-order valence-corrected chi connectivity index (χ3v) is 6.51. The number of hydrogen-bond donors (Lipinski definition) is 1. The maximum atomic E-state index is 13.4. The van der Waals surface area contributed by atoms with Gasteiger partial charge in [-0.3, -0.25) is 14.6 Å². The molecular weight excluding hydrogens is 392 g/mol. The lowest BCUT2D eigenvalue weighted by Gasteiger charge is -2.40. The molecule has 2 aliphatic rings. The number of ether oxygens (including phenoxy) is 1. The van der Waals surface area contributed by atoms with Crippen molar-refractivity contribution in [2.75, 3.05) is 33.3 Å². The quantitative estimate of drug-likeness (QED) is 0.550. The standard InChI is InChI=1S/C24H30N4O3/c1-6-11-26(5)12-8-13-27-22(29)24(4)15-19-18-14-17(31-7-2)9-10-20(18)25-21(19)16(3)28(24)23(27)30/h1,9-10,14,16,25H,7-8,11-13,15H2,2-5H3/t16-,24+/m1/s1. The summed E-state index contributed by atoms with van der Waals surface area (Å²) < 4.78 is 5.68. The highest BCUT2D eigenvalue weighted by Gasteiger charge is 2.58. The number of aromatic nitrogens is 1. The Hall–Kier alpha value is -2.98. The Morgan fingerprint density at radius 3 is 2.87 bits per heavy atom. The Bertz CT molecular complexity index is 1070. The van der Waals surface area contributed by atoms with Gasteiger partial charge in [-0.2, -0.15) is 0 Å². The summed E-state index contributed by atoms with van der Waals surface area (Å²) in [6.07, 6.45) is 6.53. The number of H-pyrrole nitrogens is 1. The van der Waals surface area contributed by atoms with Crippen molar-refractivity contribution in [2.45, 2.75) is 45.2 Å². The Morgan fingerprint density at radius 1 is 1.39 bits per heavy atom. The molecule has 31 heavy (non-hydrogen) atoms. The van der Waals surface area contributed by atoms with Gasteiger partial charge in [0.1, 0.15) is 11.3 Å². The molecule has 0 radical (unpaired) electrons. The Balaban J connectivity index is 1.62. The molecule has 0 aliphatic carbocycles. The molecule has 4 rings (SSSR count). The number of rotatable bonds is 7. The number of imide groups is 1. The molecule has 1 saturated heterocycles. The van der Waals surface area contributed by atoms with Crippen molar-refractivity contribution < 1.29 is 14.3 Å². The fourth-order valence-electron chi connectivity index (χ4n) is 5.03. The molecule has 0 spiro atoms. The first-order valence-corrected chi connectivity index (χ1v) is 10.9. The molecule has 2 aromatic rings. The van der Waals surface area contributed by atoms with Crippen LogP contribution >= 0.6 is 0 Å². The molecule has 0 saturated carbocycles. The molecule has 2 aliphatic heterocycles. The summed E-state index contributed by atoms with van der Waals surface area (Å²) in [4.78, 5) is 35.4. The molecule has 2 atom stereocenters. The van der Waals surface area contributed by atoms with E-state index in [0.717, 1.165) is 34.5 Å². The van der Waals surface area contributed by atoms with Gasteiger partial charge in [0.25, 0.3) is 5.91 Å². The molecule has 3 heterocycles. The molecule has 0 unspecified atom stereocenters. The molecular formula is C24H30N4O3.